The van der Waals surface area contributed by atoms with Gasteiger partial charge in [-0.05, 0) is 39.4 Å². The maximum Gasteiger partial charge on any atom is 0.254 e. The quantitative estimate of drug-likeness (QED) is 0.801. The Labute approximate surface area is 124 Å². The monoisotopic (exact) mass is 294 g/mol. The molecule has 20 heavy (non-hydrogen) atoms. The molecule has 1 atom stereocenters. The topological polar surface area (TPSA) is 40.6 Å². The molecule has 0 aliphatic carbocycles. The Morgan fingerprint density at radius 2 is 2.20 bits per heavy atom. The minimum atomic E-state index is 0.00715. The van der Waals surface area contributed by atoms with Crippen molar-refractivity contribution in [3.8, 4) is 0 Å². The average Bonchev–Trinajstić information content (AvgIpc) is 2.90. The van der Waals surface area contributed by atoms with Gasteiger partial charge in [0.05, 0.1) is 10.4 Å². The first-order valence-electron chi connectivity index (χ1n) is 7.04. The van der Waals surface area contributed by atoms with Crippen LogP contribution in [0.25, 0.3) is 0 Å². The molecule has 1 aliphatic heterocycles. The van der Waals surface area contributed by atoms with Gasteiger partial charge in [-0.1, -0.05) is 6.42 Å². The van der Waals surface area contributed by atoms with Crippen LogP contribution >= 0.6 is 11.3 Å². The van der Waals surface area contributed by atoms with E-state index in [0.29, 0.717) is 16.5 Å². The predicted octanol–water partition coefficient (Wildman–Crippen LogP) is 2.51. The third-order valence-corrected chi connectivity index (χ3v) is 4.98. The van der Waals surface area contributed by atoms with Crippen LogP contribution in [0.2, 0.25) is 0 Å². The van der Waals surface area contributed by atoms with Crippen LogP contribution in [0.4, 0.5) is 0 Å². The summed E-state index contributed by atoms with van der Waals surface area (Å²) in [5, 5.41) is 1.78. The Morgan fingerprint density at radius 3 is 2.80 bits per heavy atom. The zero-order valence-electron chi connectivity index (χ0n) is 12.4. The zero-order chi connectivity index (χ0) is 14.7. The summed E-state index contributed by atoms with van der Waals surface area (Å²) in [6.07, 6.45) is 3.64. The predicted molar refractivity (Wildman–Crippen MR) is 81.6 cm³/mol. The first kappa shape index (κ1) is 15.2. The van der Waals surface area contributed by atoms with Crippen molar-refractivity contribution in [1.29, 1.82) is 0 Å². The largest absolute Gasteiger partial charge is 0.340 e. The van der Waals surface area contributed by atoms with Crippen molar-refractivity contribution >= 4 is 23.0 Å². The molecule has 1 amide bonds. The van der Waals surface area contributed by atoms with Crippen LogP contribution in [-0.2, 0) is 0 Å². The van der Waals surface area contributed by atoms with Gasteiger partial charge >= 0.3 is 0 Å². The number of amides is 1. The number of carbonyl (C=O) groups is 2. The second-order valence-electron chi connectivity index (χ2n) is 5.57. The lowest BCUT2D eigenvalue weighted by Crippen LogP contribution is -2.45. The third-order valence-electron chi connectivity index (χ3n) is 3.95. The van der Waals surface area contributed by atoms with E-state index in [4.69, 9.17) is 0 Å². The maximum absolute atomic E-state index is 12.4. The molecule has 0 radical (unpaired) electrons. The fourth-order valence-electron chi connectivity index (χ4n) is 2.63. The number of rotatable bonds is 4. The Bertz CT molecular complexity index is 498. The number of piperidine rings is 1. The van der Waals surface area contributed by atoms with Gasteiger partial charge in [0.2, 0.25) is 0 Å². The summed E-state index contributed by atoms with van der Waals surface area (Å²) in [5.41, 5.74) is 0.626. The number of thiophene rings is 1. The molecule has 1 aliphatic rings. The van der Waals surface area contributed by atoms with Gasteiger partial charge in [0.15, 0.2) is 5.78 Å². The van der Waals surface area contributed by atoms with Gasteiger partial charge in [-0.25, -0.2) is 0 Å². The van der Waals surface area contributed by atoms with E-state index in [9.17, 15) is 9.59 Å². The highest BCUT2D eigenvalue weighted by Crippen LogP contribution is 2.19. The molecule has 1 aromatic rings. The smallest absolute Gasteiger partial charge is 0.254 e. The molecule has 2 heterocycles. The minimum absolute atomic E-state index is 0.00715. The molecule has 1 fully saturated rings. The lowest BCUT2D eigenvalue weighted by Gasteiger charge is -2.35. The zero-order valence-corrected chi connectivity index (χ0v) is 13.2. The summed E-state index contributed by atoms with van der Waals surface area (Å²) in [4.78, 5) is 28.4. The van der Waals surface area contributed by atoms with E-state index in [1.807, 2.05) is 7.05 Å². The highest BCUT2D eigenvalue weighted by atomic mass is 32.1. The van der Waals surface area contributed by atoms with E-state index in [-0.39, 0.29) is 11.7 Å². The van der Waals surface area contributed by atoms with Gasteiger partial charge in [0.1, 0.15) is 0 Å². The molecular formula is C15H22N2O2S. The summed E-state index contributed by atoms with van der Waals surface area (Å²) in [6.45, 7) is 3.39. The summed E-state index contributed by atoms with van der Waals surface area (Å²) in [7, 11) is 3.97. The molecule has 2 rings (SSSR count). The molecule has 0 bridgehead atoms. The number of ketones is 1. The second-order valence-corrected chi connectivity index (χ2v) is 6.48. The number of likely N-dealkylation sites (tertiary alicyclic amines) is 1. The highest BCUT2D eigenvalue weighted by molar-refractivity contribution is 7.12. The van der Waals surface area contributed by atoms with E-state index in [1.165, 1.54) is 31.1 Å². The number of carbonyl (C=O) groups excluding carboxylic acids is 2. The van der Waals surface area contributed by atoms with Gasteiger partial charge in [0, 0.05) is 25.0 Å². The first-order valence-corrected chi connectivity index (χ1v) is 7.92. The van der Waals surface area contributed by atoms with Crippen LogP contribution in [0.1, 0.15) is 46.2 Å². The fraction of sp³-hybridized carbons (Fsp3) is 0.600. The van der Waals surface area contributed by atoms with E-state index >= 15 is 0 Å². The highest BCUT2D eigenvalue weighted by Gasteiger charge is 2.23. The van der Waals surface area contributed by atoms with E-state index in [1.54, 1.807) is 16.3 Å². The average molecular weight is 294 g/mol. The van der Waals surface area contributed by atoms with Crippen molar-refractivity contribution in [2.75, 3.05) is 27.2 Å². The molecule has 110 valence electrons. The number of likely N-dealkylation sites (N-methyl/N-ethyl adjacent to an activating group) is 2. The van der Waals surface area contributed by atoms with Crippen LogP contribution < -0.4 is 0 Å². The van der Waals surface area contributed by atoms with Gasteiger partial charge in [0.25, 0.3) is 5.91 Å². The summed E-state index contributed by atoms with van der Waals surface area (Å²) < 4.78 is 0. The standard InChI is InChI=1S/C15H22N2O2S/c1-11(18)14-8-12(10-20-14)15(19)17(3)9-13-6-4-5-7-16(13)2/h8,10,13H,4-7,9H2,1-3H3. The maximum atomic E-state index is 12.4. The summed E-state index contributed by atoms with van der Waals surface area (Å²) >= 11 is 1.34. The molecule has 4 nitrogen and oxygen atoms in total. The molecule has 0 N–H and O–H groups in total. The fourth-order valence-corrected chi connectivity index (χ4v) is 3.41. The van der Waals surface area contributed by atoms with Gasteiger partial charge < -0.3 is 9.80 Å². The van der Waals surface area contributed by atoms with E-state index in [0.717, 1.165) is 19.5 Å². The molecule has 1 aromatic heterocycles. The lowest BCUT2D eigenvalue weighted by molar-refractivity contribution is 0.0717. The Hall–Kier alpha value is -1.20. The van der Waals surface area contributed by atoms with Crippen LogP contribution in [0.3, 0.4) is 0 Å². The van der Waals surface area contributed by atoms with Crippen molar-refractivity contribution in [3.63, 3.8) is 0 Å². The van der Waals surface area contributed by atoms with Crippen LogP contribution in [0.15, 0.2) is 11.4 Å². The molecular weight excluding hydrogens is 272 g/mol. The Kier molecular flexibility index (Phi) is 4.94. The van der Waals surface area contributed by atoms with Gasteiger partial charge in [-0.2, -0.15) is 0 Å². The van der Waals surface area contributed by atoms with Crippen molar-refractivity contribution in [2.45, 2.75) is 32.2 Å². The Morgan fingerprint density at radius 1 is 1.45 bits per heavy atom. The van der Waals surface area contributed by atoms with Gasteiger partial charge in [-0.15, -0.1) is 11.3 Å². The van der Waals surface area contributed by atoms with Crippen molar-refractivity contribution in [2.24, 2.45) is 0 Å². The molecule has 1 unspecified atom stereocenters. The number of hydrogen-bond acceptors (Lipinski definition) is 4. The summed E-state index contributed by atoms with van der Waals surface area (Å²) in [6, 6.07) is 2.15. The number of nitrogens with zero attached hydrogens (tertiary/aromatic N) is 2. The normalized spacial score (nSPS) is 19.9. The minimum Gasteiger partial charge on any atom is -0.340 e. The van der Waals surface area contributed by atoms with Crippen molar-refractivity contribution < 1.29 is 9.59 Å². The first-order chi connectivity index (χ1) is 9.49. The summed E-state index contributed by atoms with van der Waals surface area (Å²) in [5.74, 6) is 0.0245. The van der Waals surface area contributed by atoms with Crippen LogP contribution in [-0.4, -0.2) is 54.7 Å². The van der Waals surface area contributed by atoms with Gasteiger partial charge in [-0.3, -0.25) is 9.59 Å². The van der Waals surface area contributed by atoms with E-state index < -0.39 is 0 Å². The van der Waals surface area contributed by atoms with Crippen LogP contribution in [0, 0.1) is 0 Å². The molecule has 0 aromatic carbocycles. The second kappa shape index (κ2) is 6.50. The number of hydrogen-bond donors (Lipinski definition) is 0. The van der Waals surface area contributed by atoms with Crippen molar-refractivity contribution in [3.05, 3.63) is 21.9 Å². The van der Waals surface area contributed by atoms with Crippen molar-refractivity contribution in [1.82, 2.24) is 9.80 Å². The Balaban J connectivity index is 1.98. The van der Waals surface area contributed by atoms with Crippen LogP contribution in [0.5, 0.6) is 0 Å². The number of Topliss-reactive ketones (excluding diaryl/α,β-unsaturated/α-hetero) is 1. The molecule has 0 saturated carbocycles. The SMILES string of the molecule is CC(=O)c1cc(C(=O)N(C)CC2CCCCN2C)cs1. The van der Waals surface area contributed by atoms with E-state index in [2.05, 4.69) is 11.9 Å². The molecule has 5 heteroatoms. The third kappa shape index (κ3) is 3.46. The molecule has 0 spiro atoms. The molecule has 1 saturated heterocycles. The lowest BCUT2D eigenvalue weighted by atomic mass is 10.0.